The van der Waals surface area contributed by atoms with Crippen molar-refractivity contribution in [3.05, 3.63) is 64.3 Å². The first kappa shape index (κ1) is 26.6. The number of halogens is 1. The number of aryl methyl sites for hydroxylation is 1. The molecule has 0 spiro atoms. The van der Waals surface area contributed by atoms with E-state index in [1.54, 1.807) is 0 Å². The zero-order valence-electron chi connectivity index (χ0n) is 22.8. The number of ether oxygens (including phenoxy) is 1. The highest BCUT2D eigenvalue weighted by molar-refractivity contribution is 6.30. The van der Waals surface area contributed by atoms with Crippen LogP contribution in [-0.2, 0) is 35.8 Å². The number of fused-ring (bicyclic) bond motifs is 3. The number of piperazine rings is 1. The maximum atomic E-state index is 13.1. The summed E-state index contributed by atoms with van der Waals surface area (Å²) in [6.07, 6.45) is 2.22. The smallest absolute Gasteiger partial charge is 0.410 e. The molecule has 2 aliphatic heterocycles. The van der Waals surface area contributed by atoms with Gasteiger partial charge in [0.15, 0.2) is 0 Å². The highest BCUT2D eigenvalue weighted by Gasteiger charge is 2.28. The Morgan fingerprint density at radius 1 is 1.00 bits per heavy atom. The van der Waals surface area contributed by atoms with Crippen molar-refractivity contribution in [1.82, 2.24) is 14.4 Å². The monoisotopic (exact) mass is 536 g/mol. The molecule has 8 heteroatoms. The summed E-state index contributed by atoms with van der Waals surface area (Å²) < 4.78 is 7.84. The van der Waals surface area contributed by atoms with E-state index in [2.05, 4.69) is 34.7 Å². The number of hydrogen-bond acceptors (Lipinski definition) is 4. The number of carbonyl (C=O) groups excluding carboxylic acids is 2. The third kappa shape index (κ3) is 5.69. The lowest BCUT2D eigenvalue weighted by Gasteiger charge is -2.34. The zero-order valence-corrected chi connectivity index (χ0v) is 23.6. The van der Waals surface area contributed by atoms with Crippen molar-refractivity contribution >= 4 is 40.2 Å². The van der Waals surface area contributed by atoms with Gasteiger partial charge in [0.1, 0.15) is 5.60 Å². The minimum absolute atomic E-state index is 0.135. The highest BCUT2D eigenvalue weighted by atomic mass is 35.5. The molecule has 202 valence electrons. The first-order valence-corrected chi connectivity index (χ1v) is 13.8. The molecule has 0 atom stereocenters. The Morgan fingerprint density at radius 3 is 2.45 bits per heavy atom. The van der Waals surface area contributed by atoms with Crippen molar-refractivity contribution in [3.63, 3.8) is 0 Å². The van der Waals surface area contributed by atoms with Gasteiger partial charge in [0.2, 0.25) is 5.91 Å². The van der Waals surface area contributed by atoms with Crippen LogP contribution in [0, 0.1) is 0 Å². The quantitative estimate of drug-likeness (QED) is 0.468. The maximum absolute atomic E-state index is 13.1. The van der Waals surface area contributed by atoms with Crippen LogP contribution in [0.1, 0.15) is 37.6 Å². The van der Waals surface area contributed by atoms with Crippen molar-refractivity contribution in [2.45, 2.75) is 45.6 Å². The minimum atomic E-state index is -0.501. The summed E-state index contributed by atoms with van der Waals surface area (Å²) in [7, 11) is 2.09. The third-order valence-electron chi connectivity index (χ3n) is 7.56. The zero-order chi connectivity index (χ0) is 27.0. The first-order valence-electron chi connectivity index (χ1n) is 13.4. The average Bonchev–Trinajstić information content (AvgIpc) is 3.00. The fraction of sp³-hybridized carbons (Fsp3) is 0.467. The van der Waals surface area contributed by atoms with Crippen molar-refractivity contribution in [1.29, 1.82) is 0 Å². The molecule has 1 fully saturated rings. The molecule has 0 bridgehead atoms. The molecule has 2 aromatic carbocycles. The van der Waals surface area contributed by atoms with Gasteiger partial charge in [-0.3, -0.25) is 9.69 Å². The fourth-order valence-corrected chi connectivity index (χ4v) is 5.68. The summed E-state index contributed by atoms with van der Waals surface area (Å²) in [4.78, 5) is 31.7. The summed E-state index contributed by atoms with van der Waals surface area (Å²) in [6.45, 7) is 9.77. The Bertz CT molecular complexity index is 1340. The standard InChI is InChI=1S/C30H37ClN4O3/c1-30(2,3)38-29(37)34-15-12-25-24-10-9-23(19-27(24)32(4)26(25)13-16-34)35-18-17-33(20-28(35)36)14-11-21-5-7-22(31)8-6-21/h5-10,19H,11-18,20H2,1-4H3. The SMILES string of the molecule is Cn1c2c(c3ccc(N4CCN(CCc5ccc(Cl)cc5)CC4=O)cc31)CCN(C(=O)OC(C)(C)C)CC2. The van der Waals surface area contributed by atoms with Crippen molar-refractivity contribution in [2.24, 2.45) is 7.05 Å². The molecule has 7 nitrogen and oxygen atoms in total. The molecule has 0 aliphatic carbocycles. The number of benzene rings is 2. The van der Waals surface area contributed by atoms with E-state index in [1.165, 1.54) is 22.2 Å². The summed E-state index contributed by atoms with van der Waals surface area (Å²) >= 11 is 5.99. The lowest BCUT2D eigenvalue weighted by Crippen LogP contribution is -2.50. The Labute approximate surface area is 229 Å². The van der Waals surface area contributed by atoms with E-state index in [-0.39, 0.29) is 12.0 Å². The Hall–Kier alpha value is -3.03. The van der Waals surface area contributed by atoms with Crippen molar-refractivity contribution in [3.8, 4) is 0 Å². The Kier molecular flexibility index (Phi) is 7.43. The van der Waals surface area contributed by atoms with Gasteiger partial charge in [0.25, 0.3) is 0 Å². The van der Waals surface area contributed by atoms with E-state index in [4.69, 9.17) is 16.3 Å². The minimum Gasteiger partial charge on any atom is -0.444 e. The average molecular weight is 537 g/mol. The predicted octanol–water partition coefficient (Wildman–Crippen LogP) is 5.06. The number of hydrogen-bond donors (Lipinski definition) is 0. The van der Waals surface area contributed by atoms with E-state index in [1.807, 2.05) is 54.8 Å². The van der Waals surface area contributed by atoms with Crippen molar-refractivity contribution < 1.29 is 14.3 Å². The summed E-state index contributed by atoms with van der Waals surface area (Å²) in [6, 6.07) is 14.3. The van der Waals surface area contributed by atoms with Gasteiger partial charge in [0.05, 0.1) is 12.1 Å². The van der Waals surface area contributed by atoms with E-state index >= 15 is 0 Å². The topological polar surface area (TPSA) is 58.0 Å². The van der Waals surface area contributed by atoms with Crippen LogP contribution in [-0.4, -0.2) is 71.2 Å². The summed E-state index contributed by atoms with van der Waals surface area (Å²) in [5, 5.41) is 1.94. The second kappa shape index (κ2) is 10.6. The number of nitrogens with zero attached hydrogens (tertiary/aromatic N) is 4. The molecule has 2 amide bonds. The Balaban J connectivity index is 1.26. The van der Waals surface area contributed by atoms with Gasteiger partial charge in [-0.1, -0.05) is 29.8 Å². The van der Waals surface area contributed by atoms with Crippen LogP contribution >= 0.6 is 11.6 Å². The second-order valence-electron chi connectivity index (χ2n) is 11.4. The molecule has 0 radical (unpaired) electrons. The fourth-order valence-electron chi connectivity index (χ4n) is 5.55. The molecule has 38 heavy (non-hydrogen) atoms. The molecular weight excluding hydrogens is 500 g/mol. The van der Waals surface area contributed by atoms with E-state index in [0.717, 1.165) is 48.6 Å². The van der Waals surface area contributed by atoms with Crippen LogP contribution in [0.2, 0.25) is 5.02 Å². The maximum Gasteiger partial charge on any atom is 0.410 e. The molecule has 3 heterocycles. The summed E-state index contributed by atoms with van der Waals surface area (Å²) in [5.41, 5.74) is 5.36. The van der Waals surface area contributed by atoms with Crippen LogP contribution in [0.4, 0.5) is 10.5 Å². The van der Waals surface area contributed by atoms with Gasteiger partial charge < -0.3 is 19.1 Å². The number of amides is 2. The molecular formula is C30H37ClN4O3. The van der Waals surface area contributed by atoms with E-state index in [0.29, 0.717) is 26.2 Å². The molecule has 0 N–H and O–H groups in total. The van der Waals surface area contributed by atoms with Gasteiger partial charge in [-0.2, -0.15) is 0 Å². The summed E-state index contributed by atoms with van der Waals surface area (Å²) in [5.74, 6) is 0.135. The van der Waals surface area contributed by atoms with Gasteiger partial charge in [-0.25, -0.2) is 4.79 Å². The van der Waals surface area contributed by atoms with Crippen LogP contribution in [0.25, 0.3) is 10.9 Å². The van der Waals surface area contributed by atoms with Crippen LogP contribution in [0.5, 0.6) is 0 Å². The molecule has 5 rings (SSSR count). The van der Waals surface area contributed by atoms with Crippen LogP contribution < -0.4 is 4.90 Å². The second-order valence-corrected chi connectivity index (χ2v) is 11.8. The van der Waals surface area contributed by atoms with Gasteiger partial charge >= 0.3 is 6.09 Å². The lowest BCUT2D eigenvalue weighted by molar-refractivity contribution is -0.121. The molecule has 1 saturated heterocycles. The number of carbonyl (C=O) groups is 2. The van der Waals surface area contributed by atoms with Crippen molar-refractivity contribution in [2.75, 3.05) is 44.2 Å². The Morgan fingerprint density at radius 2 is 1.74 bits per heavy atom. The predicted molar refractivity (Wildman–Crippen MR) is 152 cm³/mol. The first-order chi connectivity index (χ1) is 18.1. The van der Waals surface area contributed by atoms with Gasteiger partial charge in [-0.05, 0) is 69.0 Å². The number of aromatic nitrogens is 1. The highest BCUT2D eigenvalue weighted by Crippen LogP contribution is 2.32. The molecule has 0 saturated carbocycles. The largest absolute Gasteiger partial charge is 0.444 e. The third-order valence-corrected chi connectivity index (χ3v) is 7.82. The molecule has 0 unspecified atom stereocenters. The lowest BCUT2D eigenvalue weighted by atomic mass is 10.1. The number of anilines is 1. The van der Waals surface area contributed by atoms with E-state index < -0.39 is 5.60 Å². The molecule has 1 aromatic heterocycles. The van der Waals surface area contributed by atoms with Crippen LogP contribution in [0.15, 0.2) is 42.5 Å². The molecule has 3 aromatic rings. The van der Waals surface area contributed by atoms with Gasteiger partial charge in [-0.15, -0.1) is 0 Å². The van der Waals surface area contributed by atoms with E-state index in [9.17, 15) is 9.59 Å². The molecule has 2 aliphatic rings. The van der Waals surface area contributed by atoms with Crippen LogP contribution in [0.3, 0.4) is 0 Å². The normalized spacial score (nSPS) is 17.0. The van der Waals surface area contributed by atoms with Gasteiger partial charge in [0, 0.05) is 68.0 Å². The number of rotatable bonds is 4.